The van der Waals surface area contributed by atoms with Gasteiger partial charge in [0.25, 0.3) is 0 Å². The van der Waals surface area contributed by atoms with Crippen molar-refractivity contribution in [3.63, 3.8) is 0 Å². The van der Waals surface area contributed by atoms with Crippen LogP contribution >= 0.6 is 35.0 Å². The number of thioether (sulfide) groups is 1. The minimum Gasteiger partial charge on any atom is -0.493 e. The van der Waals surface area contributed by atoms with Gasteiger partial charge in [-0.1, -0.05) is 50.9 Å². The first-order valence-corrected chi connectivity index (χ1v) is 30.8. The third kappa shape index (κ3) is 14.3. The van der Waals surface area contributed by atoms with Crippen molar-refractivity contribution in [2.75, 3.05) is 52.6 Å². The van der Waals surface area contributed by atoms with Crippen LogP contribution in [0.4, 0.5) is 5.69 Å². The predicted octanol–water partition coefficient (Wildman–Crippen LogP) is 9.10. The van der Waals surface area contributed by atoms with Crippen LogP contribution in [0.5, 0.6) is 11.5 Å². The second-order valence-electron chi connectivity index (χ2n) is 24.2. The maximum atomic E-state index is 15.5. The molecule has 0 unspecified atom stereocenters. The molecule has 0 amide bonds. The molecule has 4 aliphatic heterocycles. The number of carbonyl (C=O) groups is 3. The van der Waals surface area contributed by atoms with E-state index in [1.165, 1.54) is 18.9 Å². The van der Waals surface area contributed by atoms with Gasteiger partial charge in [-0.3, -0.25) is 19.4 Å². The van der Waals surface area contributed by atoms with Gasteiger partial charge in [-0.05, 0) is 113 Å². The van der Waals surface area contributed by atoms with Gasteiger partial charge in [0.15, 0.2) is 29.7 Å². The van der Waals surface area contributed by atoms with Crippen LogP contribution in [0.1, 0.15) is 126 Å². The van der Waals surface area contributed by atoms with E-state index < -0.39 is 113 Å². The Labute approximate surface area is 494 Å². The molecule has 1 saturated carbocycles. The number of aromatic nitrogens is 1. The van der Waals surface area contributed by atoms with Gasteiger partial charge in [-0.25, -0.2) is 0 Å². The molecule has 21 heteroatoms. The number of hydrogen-bond acceptors (Lipinski definition) is 19. The van der Waals surface area contributed by atoms with Gasteiger partial charge in [0.1, 0.15) is 29.3 Å². The zero-order chi connectivity index (χ0) is 59.5. The number of Topliss-reactive ketones (excluding diaryl/α,β-unsaturated/α-hetero) is 1. The van der Waals surface area contributed by atoms with E-state index in [1.807, 2.05) is 78.7 Å². The molecule has 456 valence electrons. The molecule has 0 bridgehead atoms. The van der Waals surface area contributed by atoms with Crippen molar-refractivity contribution in [3.05, 3.63) is 46.2 Å². The second kappa shape index (κ2) is 27.5. The van der Waals surface area contributed by atoms with Crippen molar-refractivity contribution in [1.29, 1.82) is 0 Å². The standard InChI is InChI=1S/C60H91Cl2N3O15S/c1-16-46-60(10)48(52(56(70)80-60)81-24-23-65(31-40-41(61)29-63-30-42(40)62)38-21-22-44(71-13)45(26-38)76-39-19-17-18-20-39)34(4)49(66)32(2)27-59(9,73-15)54(79-57-50(67)43(64(11)12)25-33(3)74-57)35(5)51(36(6)55(69)77-46)78-47-28-58(8,72-14)53(68)37(7)75-47/h21-22,26,29-30,32-37,39,43,46-48,50-54,57,67-68H,16-20,23-25,27-28,31H2,1-15H3/t32-,33-,34-,35+,36-,37+,43+,46-,47+,48+,50-,51+,52+,53+,54-,57+,58-,59-,60-/m1/s1. The molecule has 5 heterocycles. The average Bonchev–Trinajstić information content (AvgIpc) is 3.37. The number of likely N-dealkylation sites (N-methyl/N-ethyl adjacent to an activating group) is 1. The minimum atomic E-state index is -1.47. The highest BCUT2D eigenvalue weighted by molar-refractivity contribution is 8.00. The van der Waals surface area contributed by atoms with Gasteiger partial charge in [-0.2, -0.15) is 0 Å². The minimum absolute atomic E-state index is 0.0667. The predicted molar refractivity (Wildman–Crippen MR) is 310 cm³/mol. The first kappa shape index (κ1) is 65.5. The van der Waals surface area contributed by atoms with Crippen LogP contribution in [0.15, 0.2) is 30.6 Å². The molecule has 2 N–H and O–H groups in total. The van der Waals surface area contributed by atoms with E-state index in [4.69, 9.17) is 70.6 Å². The Bertz CT molecular complexity index is 2440. The third-order valence-corrected chi connectivity index (χ3v) is 20.2. The summed E-state index contributed by atoms with van der Waals surface area (Å²) in [6.45, 7) is 18.9. The lowest BCUT2D eigenvalue weighted by Crippen LogP contribution is -2.61. The first-order valence-electron chi connectivity index (χ1n) is 28.9. The number of hydrogen-bond donors (Lipinski definition) is 2. The summed E-state index contributed by atoms with van der Waals surface area (Å²) in [7, 11) is 8.47. The summed E-state index contributed by atoms with van der Waals surface area (Å²) in [5, 5.41) is 23.1. The number of methoxy groups -OCH3 is 3. The Kier molecular flexibility index (Phi) is 22.3. The number of cyclic esters (lactones) is 1. The number of pyridine rings is 1. The van der Waals surface area contributed by atoms with Crippen LogP contribution in [0, 0.1) is 29.6 Å². The highest BCUT2D eigenvalue weighted by Crippen LogP contribution is 2.50. The molecule has 4 saturated heterocycles. The smallest absolute Gasteiger partial charge is 0.320 e. The quantitative estimate of drug-likeness (QED) is 0.134. The number of esters is 2. The van der Waals surface area contributed by atoms with E-state index in [1.54, 1.807) is 54.3 Å². The number of halogens is 2. The van der Waals surface area contributed by atoms with Gasteiger partial charge in [0.2, 0.25) is 0 Å². The molecule has 18 nitrogen and oxygen atoms in total. The van der Waals surface area contributed by atoms with Crippen LogP contribution in [-0.4, -0.2) is 175 Å². The summed E-state index contributed by atoms with van der Waals surface area (Å²) >= 11 is 14.9. The van der Waals surface area contributed by atoms with E-state index >= 15 is 9.59 Å². The molecular weight excluding hydrogens is 1110 g/mol. The largest absolute Gasteiger partial charge is 0.493 e. The number of ketones is 1. The fraction of sp³-hybridized carbons (Fsp3) is 0.767. The molecule has 5 aliphatic rings. The number of aliphatic hydroxyl groups is 2. The van der Waals surface area contributed by atoms with Crippen molar-refractivity contribution < 1.29 is 72.0 Å². The summed E-state index contributed by atoms with van der Waals surface area (Å²) < 4.78 is 64.6. The fourth-order valence-corrected chi connectivity index (χ4v) is 15.4. The van der Waals surface area contributed by atoms with E-state index in [0.717, 1.165) is 31.4 Å². The number of nitrogens with zero attached hydrogens (tertiary/aromatic N) is 3. The van der Waals surface area contributed by atoms with Crippen LogP contribution in [-0.2, 0) is 58.8 Å². The molecule has 1 aliphatic carbocycles. The van der Waals surface area contributed by atoms with Crippen molar-refractivity contribution in [2.45, 2.75) is 217 Å². The summed E-state index contributed by atoms with van der Waals surface area (Å²) in [5.74, 6) is -3.82. The summed E-state index contributed by atoms with van der Waals surface area (Å²) in [4.78, 5) is 53.7. The van der Waals surface area contributed by atoms with Crippen LogP contribution < -0.4 is 14.4 Å². The lowest BCUT2D eigenvalue weighted by atomic mass is 9.70. The molecule has 7 rings (SSSR count). The molecular formula is C60H91Cl2N3O15S. The number of rotatable bonds is 18. The third-order valence-electron chi connectivity index (χ3n) is 18.3. The molecule has 0 spiro atoms. The van der Waals surface area contributed by atoms with Crippen molar-refractivity contribution in [2.24, 2.45) is 29.6 Å². The monoisotopic (exact) mass is 1200 g/mol. The first-order chi connectivity index (χ1) is 38.2. The highest BCUT2D eigenvalue weighted by atomic mass is 35.5. The van der Waals surface area contributed by atoms with Crippen molar-refractivity contribution in [1.82, 2.24) is 9.88 Å². The molecule has 1 aromatic carbocycles. The Balaban J connectivity index is 1.26. The SMILES string of the molecule is CC[C@H]1OC(=O)[C@H](C)[C@@H](O[C@H]2C[C@@](C)(OC)[C@@H](O)[C@H](C)O2)[C@H](C)[C@@H](O[C@@H]2O[C@H](C)C[C@H](N(C)C)[C@H]2O)[C@](C)(OC)C[C@@H](C)C(=O)[C@H](C)[C@H]2[C@H](SCCN(Cc3c(Cl)cncc3Cl)c3ccc(OC)c(OC4CCCC4)c3)C(=O)O[C@@]21C. The number of benzene rings is 1. The average molecular weight is 1200 g/mol. The molecule has 81 heavy (non-hydrogen) atoms. The van der Waals surface area contributed by atoms with Crippen LogP contribution in [0.25, 0.3) is 0 Å². The molecule has 1 aromatic heterocycles. The second-order valence-corrected chi connectivity index (χ2v) is 26.3. The molecule has 0 radical (unpaired) electrons. The maximum absolute atomic E-state index is 15.5. The summed E-state index contributed by atoms with van der Waals surface area (Å²) in [5.41, 5.74) is -2.37. The van der Waals surface area contributed by atoms with Gasteiger partial charge in [-0.15, -0.1) is 11.8 Å². The van der Waals surface area contributed by atoms with Gasteiger partial charge < -0.3 is 67.4 Å². The number of fused-ring (bicyclic) bond motifs is 1. The zero-order valence-electron chi connectivity index (χ0n) is 50.2. The van der Waals surface area contributed by atoms with Crippen LogP contribution in [0.3, 0.4) is 0 Å². The van der Waals surface area contributed by atoms with E-state index in [2.05, 4.69) is 9.88 Å². The van der Waals surface area contributed by atoms with Gasteiger partial charge >= 0.3 is 11.9 Å². The fourth-order valence-electron chi connectivity index (χ4n) is 13.4. The number of ether oxygens (including phenoxy) is 10. The lowest BCUT2D eigenvalue weighted by Gasteiger charge is -2.50. The zero-order valence-corrected chi connectivity index (χ0v) is 52.5. The normalized spacial score (nSPS) is 38.3. The number of anilines is 1. The highest BCUT2D eigenvalue weighted by Gasteiger charge is 2.62. The Hall–Kier alpha value is -3.05. The van der Waals surface area contributed by atoms with Crippen LogP contribution in [0.2, 0.25) is 10.0 Å². The topological polar surface area (TPSA) is 203 Å². The maximum Gasteiger partial charge on any atom is 0.320 e. The van der Waals surface area contributed by atoms with E-state index in [9.17, 15) is 15.0 Å². The summed E-state index contributed by atoms with van der Waals surface area (Å²) in [6, 6.07) is 5.47. The molecule has 19 atom stereocenters. The summed E-state index contributed by atoms with van der Waals surface area (Å²) in [6.07, 6.45) is -0.0172. The lowest BCUT2D eigenvalue weighted by molar-refractivity contribution is -0.319. The Morgan fingerprint density at radius 3 is 2.14 bits per heavy atom. The van der Waals surface area contributed by atoms with Gasteiger partial charge in [0.05, 0.1) is 64.8 Å². The van der Waals surface area contributed by atoms with Crippen molar-refractivity contribution in [3.8, 4) is 11.5 Å². The Morgan fingerprint density at radius 2 is 1.52 bits per heavy atom. The molecule has 2 aromatic rings. The van der Waals surface area contributed by atoms with E-state index in [0.29, 0.717) is 45.8 Å². The molecule has 5 fully saturated rings. The number of aliphatic hydroxyl groups excluding tert-OH is 2. The Morgan fingerprint density at radius 1 is 0.852 bits per heavy atom. The van der Waals surface area contributed by atoms with Crippen molar-refractivity contribution >= 4 is 58.4 Å². The van der Waals surface area contributed by atoms with Gasteiger partial charge in [0, 0.05) is 98.9 Å². The number of carbonyl (C=O) groups excluding carboxylic acids is 3. The van der Waals surface area contributed by atoms with E-state index in [-0.39, 0.29) is 49.8 Å².